The minimum absolute atomic E-state index is 0.0239. The van der Waals surface area contributed by atoms with Crippen molar-refractivity contribution in [2.45, 2.75) is 95.9 Å². The number of unbranched alkanes of at least 4 members (excludes halogenated alkanes) is 5. The number of nitrogen functional groups attached to an aromatic ring is 1. The molecule has 3 heterocycles. The van der Waals surface area contributed by atoms with E-state index in [0.29, 0.717) is 18.6 Å². The first-order valence-electron chi connectivity index (χ1n) is 18.9. The minimum Gasteiger partial charge on any atom is -0.481 e. The number of allylic oxidation sites excluding steroid dienone is 1. The molecule has 0 spiro atoms. The van der Waals surface area contributed by atoms with E-state index >= 15 is 0 Å². The summed E-state index contributed by atoms with van der Waals surface area (Å²) in [5.74, 6) is -2.02. The number of aliphatic hydroxyl groups is 2. The molecule has 2 amide bonds. The number of carbonyl (C=O) groups excluding carboxylic acids is 3. The molecule has 0 aromatic carbocycles. The number of phosphoric ester groups is 3. The average molecular weight is 964 g/mol. The van der Waals surface area contributed by atoms with Gasteiger partial charge in [-0.2, -0.15) is 4.31 Å². The molecule has 11 N–H and O–H groups in total. The van der Waals surface area contributed by atoms with Crippen LogP contribution in [0.3, 0.4) is 0 Å². The highest BCUT2D eigenvalue weighted by Crippen LogP contribution is 2.61. The molecule has 7 unspecified atom stereocenters. The largest absolute Gasteiger partial charge is 0.481 e. The van der Waals surface area contributed by atoms with Crippen molar-refractivity contribution in [3.05, 3.63) is 24.8 Å². The number of nitrogens with zero attached hydrogens (tertiary/aromatic N) is 4. The van der Waals surface area contributed by atoms with E-state index < -0.39 is 90.5 Å². The molecule has 0 aliphatic carbocycles. The highest BCUT2D eigenvalue weighted by molar-refractivity contribution is 8.14. The maximum atomic E-state index is 12.7. The molecule has 0 radical (unpaired) electrons. The van der Waals surface area contributed by atoms with E-state index in [9.17, 15) is 62.7 Å². The molecular weight excluding hydrogens is 911 g/mol. The van der Waals surface area contributed by atoms with Crippen molar-refractivity contribution >= 4 is 75.1 Å². The Kier molecular flexibility index (Phi) is 20.7. The molecule has 3 rings (SSSR count). The maximum absolute atomic E-state index is 12.7. The highest BCUT2D eigenvalue weighted by atomic mass is 32.2. The normalized spacial score (nSPS) is 20.8. The minimum atomic E-state index is -5.59. The number of carbonyl (C=O) groups is 4. The van der Waals surface area contributed by atoms with E-state index in [1.165, 1.54) is 19.9 Å². The third kappa shape index (κ3) is 18.1. The fourth-order valence-corrected chi connectivity index (χ4v) is 9.00. The van der Waals surface area contributed by atoms with Gasteiger partial charge in [0.25, 0.3) is 0 Å². The second-order valence-electron chi connectivity index (χ2n) is 14.3. The van der Waals surface area contributed by atoms with Crippen molar-refractivity contribution in [3.63, 3.8) is 0 Å². The number of nitrogens with one attached hydrogen (secondary N) is 2. The summed E-state index contributed by atoms with van der Waals surface area (Å²) in [5, 5.41) is 34.9. The second kappa shape index (κ2) is 24.2. The SMILES string of the molecule is CC(C)(COP(=O)(O)OP(=O)(O)OCC1OC(n2cnc3c(N)ncnc32)C(O)C1OP(=O)(O)O)C(O)C(=O)NCCC(=O)NCCSC(=O)/C=C/CCCCCCCC(=O)O. The van der Waals surface area contributed by atoms with Gasteiger partial charge in [-0.1, -0.05) is 50.9 Å². The molecule has 30 heteroatoms. The standard InChI is InChI=1S/C32H52N7O19P3S/c1-32(2,27(45)30(46)35-13-12-21(40)34-14-15-62-23(43)11-9-7-5-3-4-6-8-10-22(41)42)17-55-61(52,53)58-60(50,51)54-16-20-26(57-59(47,48)49)25(44)31(56-20)39-19-38-24-28(33)36-18-37-29(24)39/h9,11,18-20,25-27,31,44-45H,3-8,10,12-17H2,1-2H3,(H,34,40)(H,35,46)(H,41,42)(H,50,51)(H,52,53)(H2,33,36,37)(H2,47,48,49)/b11-9+. The topological polar surface area (TPSA) is 401 Å². The lowest BCUT2D eigenvalue weighted by atomic mass is 9.87. The lowest BCUT2D eigenvalue weighted by molar-refractivity contribution is -0.137. The van der Waals surface area contributed by atoms with Gasteiger partial charge in [0.15, 0.2) is 17.7 Å². The number of carboxylic acids is 1. The molecule has 0 saturated carbocycles. The van der Waals surface area contributed by atoms with Gasteiger partial charge in [-0.05, 0) is 25.3 Å². The highest BCUT2D eigenvalue weighted by Gasteiger charge is 2.50. The van der Waals surface area contributed by atoms with E-state index in [4.69, 9.17) is 24.6 Å². The summed E-state index contributed by atoms with van der Waals surface area (Å²) in [5.41, 5.74) is 4.23. The number of amides is 2. The lowest BCUT2D eigenvalue weighted by Gasteiger charge is -2.30. The Morgan fingerprint density at radius 3 is 2.35 bits per heavy atom. The van der Waals surface area contributed by atoms with Crippen LogP contribution in [-0.4, -0.2) is 134 Å². The zero-order valence-electron chi connectivity index (χ0n) is 33.5. The Morgan fingerprint density at radius 1 is 0.984 bits per heavy atom. The number of hydrogen-bond acceptors (Lipinski definition) is 19. The average Bonchev–Trinajstić information content (AvgIpc) is 3.73. The molecule has 2 aromatic rings. The lowest BCUT2D eigenvalue weighted by Crippen LogP contribution is -2.46. The van der Waals surface area contributed by atoms with Gasteiger partial charge in [0.1, 0.15) is 36.3 Å². The Morgan fingerprint density at radius 2 is 1.66 bits per heavy atom. The van der Waals surface area contributed by atoms with Crippen molar-refractivity contribution in [3.8, 4) is 0 Å². The van der Waals surface area contributed by atoms with Crippen molar-refractivity contribution in [2.24, 2.45) is 5.41 Å². The van der Waals surface area contributed by atoms with Crippen LogP contribution in [0.15, 0.2) is 24.8 Å². The van der Waals surface area contributed by atoms with Crippen LogP contribution in [0.2, 0.25) is 0 Å². The third-order valence-corrected chi connectivity index (χ3v) is 12.7. The third-order valence-electron chi connectivity index (χ3n) is 8.76. The number of aliphatic carboxylic acids is 1. The number of ether oxygens (including phenoxy) is 1. The van der Waals surface area contributed by atoms with Crippen LogP contribution in [0.5, 0.6) is 0 Å². The van der Waals surface area contributed by atoms with Crippen molar-refractivity contribution in [2.75, 3.05) is 37.8 Å². The number of hydrogen-bond donors (Lipinski definition) is 10. The van der Waals surface area contributed by atoms with Gasteiger partial charge in [-0.3, -0.25) is 37.3 Å². The Balaban J connectivity index is 1.39. The van der Waals surface area contributed by atoms with Crippen molar-refractivity contribution in [1.29, 1.82) is 0 Å². The number of imidazole rings is 1. The van der Waals surface area contributed by atoms with Crippen molar-refractivity contribution in [1.82, 2.24) is 30.2 Å². The van der Waals surface area contributed by atoms with Crippen LogP contribution in [0, 0.1) is 5.41 Å². The molecule has 0 bridgehead atoms. The number of aromatic nitrogens is 4. The first-order chi connectivity index (χ1) is 28.9. The molecule has 1 aliphatic heterocycles. The number of carboxylic acid groups (broad SMARTS) is 1. The molecular formula is C32H52N7O19P3S. The molecule has 1 saturated heterocycles. The zero-order chi connectivity index (χ0) is 46.3. The Bertz CT molecular complexity index is 2020. The van der Waals surface area contributed by atoms with Gasteiger partial charge >= 0.3 is 29.4 Å². The summed E-state index contributed by atoms with van der Waals surface area (Å²) < 4.78 is 62.2. The van der Waals surface area contributed by atoms with Gasteiger partial charge < -0.3 is 56.0 Å². The van der Waals surface area contributed by atoms with Crippen LogP contribution in [-0.2, 0) is 55.5 Å². The number of fused-ring (bicyclic) bond motifs is 1. The van der Waals surface area contributed by atoms with E-state index in [-0.39, 0.29) is 48.0 Å². The quantitative estimate of drug-likeness (QED) is 0.0323. The zero-order valence-corrected chi connectivity index (χ0v) is 37.0. The predicted octanol–water partition coefficient (Wildman–Crippen LogP) is 1.04. The van der Waals surface area contributed by atoms with E-state index in [1.807, 2.05) is 0 Å². The number of phosphoric acid groups is 3. The maximum Gasteiger partial charge on any atom is 0.481 e. The number of rotatable bonds is 28. The van der Waals surface area contributed by atoms with Crippen LogP contribution < -0.4 is 16.4 Å². The molecule has 350 valence electrons. The van der Waals surface area contributed by atoms with Crippen molar-refractivity contribution < 1.29 is 90.4 Å². The molecule has 2 aromatic heterocycles. The van der Waals surface area contributed by atoms with Crippen LogP contribution in [0.25, 0.3) is 11.2 Å². The summed E-state index contributed by atoms with van der Waals surface area (Å²) in [7, 11) is -16.4. The van der Waals surface area contributed by atoms with Gasteiger partial charge in [-0.15, -0.1) is 0 Å². The summed E-state index contributed by atoms with van der Waals surface area (Å²) in [6, 6.07) is 0. The van der Waals surface area contributed by atoms with Gasteiger partial charge in [-0.25, -0.2) is 28.6 Å². The van der Waals surface area contributed by atoms with E-state index in [1.54, 1.807) is 6.08 Å². The van der Waals surface area contributed by atoms with E-state index in [2.05, 4.69) is 34.4 Å². The van der Waals surface area contributed by atoms with Crippen LogP contribution in [0.1, 0.15) is 71.4 Å². The Hall–Kier alpha value is -3.23. The number of aliphatic hydroxyl groups excluding tert-OH is 2. The summed E-state index contributed by atoms with van der Waals surface area (Å²) in [6.07, 6.45) is 1.32. The molecule has 1 aliphatic rings. The summed E-state index contributed by atoms with van der Waals surface area (Å²) >= 11 is 1.01. The number of nitrogens with two attached hydrogens (primary N) is 1. The summed E-state index contributed by atoms with van der Waals surface area (Å²) in [4.78, 5) is 98.3. The van der Waals surface area contributed by atoms with E-state index in [0.717, 1.165) is 54.7 Å². The number of thioether (sulfide) groups is 1. The number of anilines is 1. The molecule has 7 atom stereocenters. The smallest absolute Gasteiger partial charge is 0.481 e. The van der Waals surface area contributed by atoms with Gasteiger partial charge in [0, 0.05) is 37.1 Å². The summed E-state index contributed by atoms with van der Waals surface area (Å²) in [6.45, 7) is 0.383. The first kappa shape index (κ1) is 53.1. The first-order valence-corrected chi connectivity index (χ1v) is 24.4. The molecule has 26 nitrogen and oxygen atoms in total. The molecule has 62 heavy (non-hydrogen) atoms. The fraction of sp³-hybridized carbons (Fsp3) is 0.656. The predicted molar refractivity (Wildman–Crippen MR) is 216 cm³/mol. The van der Waals surface area contributed by atoms with Gasteiger partial charge in [0.2, 0.25) is 16.9 Å². The van der Waals surface area contributed by atoms with Crippen LogP contribution >= 0.6 is 35.2 Å². The fourth-order valence-electron chi connectivity index (χ4n) is 5.58. The van der Waals surface area contributed by atoms with Crippen LogP contribution in [0.4, 0.5) is 5.82 Å². The molecule has 1 fully saturated rings. The van der Waals surface area contributed by atoms with Gasteiger partial charge in [0.05, 0.1) is 19.5 Å². The Labute approximate surface area is 358 Å². The second-order valence-corrected chi connectivity index (χ2v) is 19.7. The monoisotopic (exact) mass is 963 g/mol.